The van der Waals surface area contributed by atoms with Crippen LogP contribution in [0.4, 0.5) is 5.13 Å². The SMILES string of the molecule is O=C(CO)Nc1ncc(Cc2cc(Cl)ccc2Cl)s1. The number of hydrogen-bond donors (Lipinski definition) is 2. The molecule has 0 saturated heterocycles. The molecule has 100 valence electrons. The average molecular weight is 317 g/mol. The van der Waals surface area contributed by atoms with Gasteiger partial charge in [0.1, 0.15) is 6.61 Å². The Labute approximate surface area is 124 Å². The van der Waals surface area contributed by atoms with E-state index in [1.807, 2.05) is 0 Å². The van der Waals surface area contributed by atoms with Gasteiger partial charge in [-0.15, -0.1) is 11.3 Å². The molecule has 0 bridgehead atoms. The van der Waals surface area contributed by atoms with E-state index in [9.17, 15) is 4.79 Å². The molecule has 7 heteroatoms. The first-order chi connectivity index (χ1) is 9.08. The number of aromatic nitrogens is 1. The molecule has 0 spiro atoms. The van der Waals surface area contributed by atoms with E-state index in [1.165, 1.54) is 11.3 Å². The summed E-state index contributed by atoms with van der Waals surface area (Å²) in [7, 11) is 0. The number of anilines is 1. The highest BCUT2D eigenvalue weighted by Crippen LogP contribution is 2.26. The molecule has 0 fully saturated rings. The Hall–Kier alpha value is -1.14. The molecule has 0 aliphatic heterocycles. The Morgan fingerprint density at radius 2 is 2.21 bits per heavy atom. The molecule has 19 heavy (non-hydrogen) atoms. The molecule has 1 heterocycles. The molecule has 2 N–H and O–H groups in total. The lowest BCUT2D eigenvalue weighted by Gasteiger charge is -2.02. The number of amides is 1. The van der Waals surface area contributed by atoms with E-state index in [0.29, 0.717) is 21.6 Å². The van der Waals surface area contributed by atoms with Gasteiger partial charge in [-0.1, -0.05) is 23.2 Å². The Kier molecular flexibility index (Phi) is 4.76. The highest BCUT2D eigenvalue weighted by molar-refractivity contribution is 7.15. The lowest BCUT2D eigenvalue weighted by atomic mass is 10.1. The third kappa shape index (κ3) is 3.91. The van der Waals surface area contributed by atoms with E-state index in [0.717, 1.165) is 10.4 Å². The van der Waals surface area contributed by atoms with Crippen molar-refractivity contribution in [2.45, 2.75) is 6.42 Å². The van der Waals surface area contributed by atoms with Crippen LogP contribution >= 0.6 is 34.5 Å². The predicted molar refractivity (Wildman–Crippen MR) is 77.1 cm³/mol. The maximum Gasteiger partial charge on any atom is 0.251 e. The summed E-state index contributed by atoms with van der Waals surface area (Å²) < 4.78 is 0. The zero-order valence-corrected chi connectivity index (χ0v) is 12.0. The smallest absolute Gasteiger partial charge is 0.251 e. The first-order valence-electron chi connectivity index (χ1n) is 5.38. The summed E-state index contributed by atoms with van der Waals surface area (Å²) in [6.07, 6.45) is 2.25. The van der Waals surface area contributed by atoms with Gasteiger partial charge >= 0.3 is 0 Å². The van der Waals surface area contributed by atoms with Crippen LogP contribution in [0.1, 0.15) is 10.4 Å². The van der Waals surface area contributed by atoms with Crippen molar-refractivity contribution in [1.82, 2.24) is 4.98 Å². The van der Waals surface area contributed by atoms with Gasteiger partial charge in [-0.2, -0.15) is 0 Å². The minimum atomic E-state index is -0.560. The van der Waals surface area contributed by atoms with Crippen LogP contribution in [0.15, 0.2) is 24.4 Å². The molecule has 0 aliphatic rings. The normalized spacial score (nSPS) is 10.5. The van der Waals surface area contributed by atoms with Gasteiger partial charge in [-0.25, -0.2) is 4.98 Å². The number of rotatable bonds is 4. The number of aliphatic hydroxyl groups is 1. The monoisotopic (exact) mass is 316 g/mol. The minimum absolute atomic E-state index is 0.451. The quantitative estimate of drug-likeness (QED) is 0.911. The zero-order valence-electron chi connectivity index (χ0n) is 9.69. The van der Waals surface area contributed by atoms with E-state index in [4.69, 9.17) is 28.3 Å². The van der Waals surface area contributed by atoms with Gasteiger partial charge in [0.15, 0.2) is 5.13 Å². The van der Waals surface area contributed by atoms with Crippen molar-refractivity contribution in [3.8, 4) is 0 Å². The number of halogens is 2. The minimum Gasteiger partial charge on any atom is -0.387 e. The second-order valence-corrected chi connectivity index (χ2v) is 5.71. The van der Waals surface area contributed by atoms with Crippen LogP contribution in [0.3, 0.4) is 0 Å². The van der Waals surface area contributed by atoms with Crippen molar-refractivity contribution in [2.24, 2.45) is 0 Å². The Morgan fingerprint density at radius 1 is 1.42 bits per heavy atom. The number of hydrogen-bond acceptors (Lipinski definition) is 4. The molecule has 1 aromatic carbocycles. The number of carbonyl (C=O) groups excluding carboxylic acids is 1. The molecule has 1 amide bonds. The van der Waals surface area contributed by atoms with E-state index < -0.39 is 12.5 Å². The summed E-state index contributed by atoms with van der Waals surface area (Å²) >= 11 is 13.3. The largest absolute Gasteiger partial charge is 0.387 e. The van der Waals surface area contributed by atoms with Gasteiger partial charge in [0.05, 0.1) is 0 Å². The van der Waals surface area contributed by atoms with Crippen LogP contribution in [0.5, 0.6) is 0 Å². The number of aliphatic hydroxyl groups excluding tert-OH is 1. The third-order valence-corrected chi connectivity index (χ3v) is 3.83. The predicted octanol–water partition coefficient (Wildman–Crippen LogP) is 2.97. The first kappa shape index (κ1) is 14.3. The van der Waals surface area contributed by atoms with Gasteiger partial charge in [0, 0.05) is 27.5 Å². The number of thiazole rings is 1. The highest BCUT2D eigenvalue weighted by atomic mass is 35.5. The highest BCUT2D eigenvalue weighted by Gasteiger charge is 2.08. The summed E-state index contributed by atoms with van der Waals surface area (Å²) in [5, 5.41) is 12.8. The topological polar surface area (TPSA) is 62.2 Å². The van der Waals surface area contributed by atoms with Crippen LogP contribution in [-0.4, -0.2) is 22.6 Å². The zero-order chi connectivity index (χ0) is 13.8. The van der Waals surface area contributed by atoms with Gasteiger partial charge in [0.25, 0.3) is 5.91 Å². The van der Waals surface area contributed by atoms with E-state index in [2.05, 4.69) is 10.3 Å². The summed E-state index contributed by atoms with van der Waals surface area (Å²) in [6.45, 7) is -0.560. The lowest BCUT2D eigenvalue weighted by molar-refractivity contribution is -0.118. The van der Waals surface area contributed by atoms with E-state index in [-0.39, 0.29) is 0 Å². The fourth-order valence-corrected chi connectivity index (χ4v) is 2.70. The van der Waals surface area contributed by atoms with Crippen molar-refractivity contribution >= 4 is 45.6 Å². The molecule has 0 aliphatic carbocycles. The van der Waals surface area contributed by atoms with Crippen LogP contribution in [-0.2, 0) is 11.2 Å². The first-order valence-corrected chi connectivity index (χ1v) is 6.95. The van der Waals surface area contributed by atoms with E-state index in [1.54, 1.807) is 24.4 Å². The second-order valence-electron chi connectivity index (χ2n) is 3.75. The van der Waals surface area contributed by atoms with Crippen molar-refractivity contribution in [3.05, 3.63) is 44.9 Å². The van der Waals surface area contributed by atoms with Crippen LogP contribution in [0.25, 0.3) is 0 Å². The second kappa shape index (κ2) is 6.34. The van der Waals surface area contributed by atoms with Crippen LogP contribution < -0.4 is 5.32 Å². The lowest BCUT2D eigenvalue weighted by Crippen LogP contribution is -2.14. The number of nitrogens with zero attached hydrogens (tertiary/aromatic N) is 1. The Bertz CT molecular complexity index is 601. The molecule has 0 radical (unpaired) electrons. The fourth-order valence-electron chi connectivity index (χ4n) is 1.47. The number of carbonyl (C=O) groups is 1. The van der Waals surface area contributed by atoms with Gasteiger partial charge < -0.3 is 5.11 Å². The van der Waals surface area contributed by atoms with Gasteiger partial charge in [-0.05, 0) is 23.8 Å². The summed E-state index contributed by atoms with van der Waals surface area (Å²) in [4.78, 5) is 16.0. The van der Waals surface area contributed by atoms with Crippen LogP contribution in [0.2, 0.25) is 10.0 Å². The van der Waals surface area contributed by atoms with Crippen molar-refractivity contribution in [3.63, 3.8) is 0 Å². The van der Waals surface area contributed by atoms with Crippen LogP contribution in [0, 0.1) is 0 Å². The maximum absolute atomic E-state index is 11.0. The molecular weight excluding hydrogens is 307 g/mol. The maximum atomic E-state index is 11.0. The third-order valence-electron chi connectivity index (χ3n) is 2.32. The van der Waals surface area contributed by atoms with E-state index >= 15 is 0 Å². The van der Waals surface area contributed by atoms with Crippen molar-refractivity contribution in [2.75, 3.05) is 11.9 Å². The van der Waals surface area contributed by atoms with Gasteiger partial charge in [-0.3, -0.25) is 10.1 Å². The molecule has 2 rings (SSSR count). The summed E-state index contributed by atoms with van der Waals surface area (Å²) in [5.74, 6) is -0.485. The Morgan fingerprint density at radius 3 is 2.95 bits per heavy atom. The Balaban J connectivity index is 2.11. The number of nitrogens with one attached hydrogen (secondary N) is 1. The molecule has 0 unspecified atom stereocenters. The molecule has 4 nitrogen and oxygen atoms in total. The molecule has 0 atom stereocenters. The van der Waals surface area contributed by atoms with Gasteiger partial charge in [0.2, 0.25) is 0 Å². The fraction of sp³-hybridized carbons (Fsp3) is 0.167. The van der Waals surface area contributed by atoms with Crippen molar-refractivity contribution in [1.29, 1.82) is 0 Å². The standard InChI is InChI=1S/C12H10Cl2N2O2S/c13-8-1-2-10(14)7(3-8)4-9-5-15-12(19-9)16-11(18)6-17/h1-3,5,17H,4,6H2,(H,15,16,18). The summed E-state index contributed by atoms with van der Waals surface area (Å²) in [6, 6.07) is 5.28. The molecule has 1 aromatic heterocycles. The molecular formula is C12H10Cl2N2O2S. The number of benzene rings is 1. The van der Waals surface area contributed by atoms with Crippen molar-refractivity contribution < 1.29 is 9.90 Å². The average Bonchev–Trinajstić information content (AvgIpc) is 2.81. The molecule has 0 saturated carbocycles. The molecule has 2 aromatic rings. The summed E-state index contributed by atoms with van der Waals surface area (Å²) in [5.41, 5.74) is 0.901.